The van der Waals surface area contributed by atoms with E-state index in [4.69, 9.17) is 28.4 Å². The van der Waals surface area contributed by atoms with Crippen molar-refractivity contribution in [1.29, 1.82) is 0 Å². The van der Waals surface area contributed by atoms with Crippen LogP contribution in [0, 0.1) is 0 Å². The minimum atomic E-state index is -1.98. The first-order valence-corrected chi connectivity index (χ1v) is 30.5. The van der Waals surface area contributed by atoms with Crippen molar-refractivity contribution in [3.63, 3.8) is 0 Å². The summed E-state index contributed by atoms with van der Waals surface area (Å²) in [6, 6.07) is -0.974. The zero-order chi connectivity index (χ0) is 58.3. The second kappa shape index (κ2) is 44.0. The van der Waals surface area contributed by atoms with E-state index in [1.54, 1.807) is 6.08 Å². The average molecular weight is 1140 g/mol. The van der Waals surface area contributed by atoms with Crippen molar-refractivity contribution in [2.75, 3.05) is 26.4 Å². The van der Waals surface area contributed by atoms with E-state index in [0.29, 0.717) is 6.42 Å². The van der Waals surface area contributed by atoms with Crippen LogP contribution in [0.1, 0.15) is 187 Å². The largest absolute Gasteiger partial charge is 0.394 e. The molecule has 12 N–H and O–H groups in total. The summed E-state index contributed by atoms with van der Waals surface area (Å²) >= 11 is 0. The number of carbonyl (C=O) groups is 1. The molecule has 3 heterocycles. The molecular formula is C61H107NO18. The summed E-state index contributed by atoms with van der Waals surface area (Å²) in [5, 5.41) is 120. The molecule has 19 nitrogen and oxygen atoms in total. The van der Waals surface area contributed by atoms with Gasteiger partial charge >= 0.3 is 0 Å². The van der Waals surface area contributed by atoms with Crippen LogP contribution in [-0.4, -0.2) is 193 Å². The third kappa shape index (κ3) is 27.5. The van der Waals surface area contributed by atoms with Gasteiger partial charge in [-0.1, -0.05) is 184 Å². The summed E-state index contributed by atoms with van der Waals surface area (Å²) < 4.78 is 34.2. The Kier molecular flexibility index (Phi) is 39.5. The van der Waals surface area contributed by atoms with Gasteiger partial charge in [0.1, 0.15) is 73.2 Å². The first kappa shape index (κ1) is 71.8. The molecule has 3 aliphatic heterocycles. The Labute approximate surface area is 477 Å². The molecule has 80 heavy (non-hydrogen) atoms. The molecule has 0 aromatic rings. The molecule has 17 atom stereocenters. The molecule has 3 rings (SSSR count). The highest BCUT2D eigenvalue weighted by Gasteiger charge is 2.53. The molecule has 464 valence electrons. The molecule has 1 amide bonds. The van der Waals surface area contributed by atoms with E-state index in [9.17, 15) is 61.0 Å². The van der Waals surface area contributed by atoms with Gasteiger partial charge in [0.2, 0.25) is 5.91 Å². The molecule has 0 saturated carbocycles. The van der Waals surface area contributed by atoms with Crippen LogP contribution >= 0.6 is 0 Å². The van der Waals surface area contributed by atoms with Gasteiger partial charge in [-0.05, 0) is 57.8 Å². The number of allylic oxidation sites excluding steroid dienone is 9. The number of hydrogen-bond acceptors (Lipinski definition) is 18. The predicted molar refractivity (Wildman–Crippen MR) is 305 cm³/mol. The van der Waals surface area contributed by atoms with Gasteiger partial charge in [-0.15, -0.1) is 0 Å². The highest BCUT2D eigenvalue weighted by atomic mass is 16.8. The van der Waals surface area contributed by atoms with Crippen molar-refractivity contribution in [1.82, 2.24) is 5.32 Å². The highest BCUT2D eigenvalue weighted by molar-refractivity contribution is 5.76. The van der Waals surface area contributed by atoms with Gasteiger partial charge in [-0.25, -0.2) is 0 Å². The zero-order valence-electron chi connectivity index (χ0n) is 48.3. The van der Waals surface area contributed by atoms with Crippen LogP contribution < -0.4 is 5.32 Å². The number of carbonyl (C=O) groups excluding carboxylic acids is 1. The van der Waals surface area contributed by atoms with Gasteiger partial charge in [0, 0.05) is 6.42 Å². The van der Waals surface area contributed by atoms with E-state index in [-0.39, 0.29) is 18.9 Å². The van der Waals surface area contributed by atoms with Crippen LogP contribution in [0.25, 0.3) is 0 Å². The van der Waals surface area contributed by atoms with Crippen LogP contribution in [0.2, 0.25) is 0 Å². The number of ether oxygens (including phenoxy) is 6. The molecule has 3 fully saturated rings. The van der Waals surface area contributed by atoms with Gasteiger partial charge in [0.05, 0.1) is 38.6 Å². The molecule has 0 aliphatic carbocycles. The number of nitrogens with one attached hydrogen (secondary N) is 1. The molecule has 0 aromatic heterocycles. The van der Waals surface area contributed by atoms with Crippen molar-refractivity contribution in [2.45, 2.75) is 291 Å². The molecule has 19 heteroatoms. The normalized spacial score (nSPS) is 30.4. The number of unbranched alkanes of at least 4 members (excludes halogenated alkanes) is 20. The Morgan fingerprint density at radius 2 is 0.863 bits per heavy atom. The summed E-state index contributed by atoms with van der Waals surface area (Å²) in [7, 11) is 0. The SMILES string of the molecule is CC/C=C\C/C=C\C/C=C\C/C=C\CCCCCCCCCCCCCCC(=O)NC(COC1OC(CO)C(OC2OC(CO)C(OC3OC(CO)C(O)C(O)C3O)C(O)C2O)C(O)C1O)C(O)/C=C/CCCCCCCCCC. The van der Waals surface area contributed by atoms with Crippen molar-refractivity contribution < 1.29 is 89.4 Å². The average Bonchev–Trinajstić information content (AvgIpc) is 3.47. The van der Waals surface area contributed by atoms with Crippen LogP contribution in [0.4, 0.5) is 0 Å². The number of aliphatic hydroxyl groups is 11. The summed E-state index contributed by atoms with van der Waals surface area (Å²) in [6.45, 7) is 1.57. The second-order valence-corrected chi connectivity index (χ2v) is 21.8. The van der Waals surface area contributed by atoms with E-state index < -0.39 is 124 Å². The maximum atomic E-state index is 13.3. The van der Waals surface area contributed by atoms with E-state index in [0.717, 1.165) is 77.0 Å². The van der Waals surface area contributed by atoms with E-state index in [1.807, 2.05) is 6.08 Å². The first-order chi connectivity index (χ1) is 38.8. The first-order valence-electron chi connectivity index (χ1n) is 30.5. The second-order valence-electron chi connectivity index (χ2n) is 21.8. The number of rotatable bonds is 44. The lowest BCUT2D eigenvalue weighted by molar-refractivity contribution is -0.379. The summed E-state index contributed by atoms with van der Waals surface area (Å²) in [5.74, 6) is -0.283. The standard InChI is InChI=1S/C61H107NO18/c1-3-5-7-9-11-13-15-16-17-18-19-20-21-22-23-24-25-26-27-28-29-31-33-35-37-39-49(67)62-44(45(66)38-36-34-32-30-14-12-10-8-6-4-2)43-75-59-55(73)52(70)57(47(41-64)77-59)80-61-56(74)53(71)58(48(42-65)78-61)79-60-54(72)51(69)50(68)46(40-63)76-60/h5,7,11,13,16-17,19-20,36,38,44-48,50-61,63-66,68-74H,3-4,6,8-10,12,14-15,18,21-35,37,39-43H2,1-2H3,(H,62,67)/b7-5-,13-11-,17-16-,20-19-,38-36+. The van der Waals surface area contributed by atoms with Crippen LogP contribution in [0.15, 0.2) is 60.8 Å². The van der Waals surface area contributed by atoms with Crippen molar-refractivity contribution in [3.8, 4) is 0 Å². The third-order valence-electron chi connectivity index (χ3n) is 15.1. The summed E-state index contributed by atoms with van der Waals surface area (Å²) in [5.41, 5.74) is 0. The molecule has 0 aromatic carbocycles. The molecule has 17 unspecified atom stereocenters. The Balaban J connectivity index is 1.43. The summed E-state index contributed by atoms with van der Waals surface area (Å²) in [4.78, 5) is 13.3. The molecule has 0 spiro atoms. The van der Waals surface area contributed by atoms with Crippen LogP contribution in [0.3, 0.4) is 0 Å². The van der Waals surface area contributed by atoms with Crippen molar-refractivity contribution in [3.05, 3.63) is 60.8 Å². The molecule has 0 radical (unpaired) electrons. The fraction of sp³-hybridized carbons (Fsp3) is 0.820. The quantitative estimate of drug-likeness (QED) is 0.0259. The number of aliphatic hydroxyl groups excluding tert-OH is 11. The maximum Gasteiger partial charge on any atom is 0.220 e. The lowest BCUT2D eigenvalue weighted by Crippen LogP contribution is -2.66. The number of amides is 1. The van der Waals surface area contributed by atoms with Crippen molar-refractivity contribution in [2.24, 2.45) is 0 Å². The number of hydrogen-bond donors (Lipinski definition) is 12. The minimum absolute atomic E-state index is 0.238. The smallest absolute Gasteiger partial charge is 0.220 e. The highest BCUT2D eigenvalue weighted by Crippen LogP contribution is 2.33. The lowest BCUT2D eigenvalue weighted by Gasteiger charge is -2.48. The fourth-order valence-corrected chi connectivity index (χ4v) is 10.1. The maximum absolute atomic E-state index is 13.3. The molecule has 3 saturated heterocycles. The van der Waals surface area contributed by atoms with Crippen molar-refractivity contribution >= 4 is 5.91 Å². The van der Waals surface area contributed by atoms with Gasteiger partial charge < -0.3 is 89.9 Å². The van der Waals surface area contributed by atoms with Gasteiger partial charge in [-0.3, -0.25) is 4.79 Å². The predicted octanol–water partition coefficient (Wildman–Crippen LogP) is 5.65. The lowest BCUT2D eigenvalue weighted by atomic mass is 9.96. The van der Waals surface area contributed by atoms with Gasteiger partial charge in [-0.2, -0.15) is 0 Å². The van der Waals surface area contributed by atoms with Crippen LogP contribution in [-0.2, 0) is 33.2 Å². The van der Waals surface area contributed by atoms with Crippen LogP contribution in [0.5, 0.6) is 0 Å². The van der Waals surface area contributed by atoms with Gasteiger partial charge in [0.25, 0.3) is 0 Å². The molecule has 0 bridgehead atoms. The third-order valence-corrected chi connectivity index (χ3v) is 15.1. The summed E-state index contributed by atoms with van der Waals surface area (Å²) in [6.07, 6.45) is 23.6. The Bertz CT molecular complexity index is 1700. The molecular weight excluding hydrogens is 1030 g/mol. The van der Waals surface area contributed by atoms with E-state index >= 15 is 0 Å². The zero-order valence-corrected chi connectivity index (χ0v) is 48.3. The Morgan fingerprint density at radius 3 is 1.35 bits per heavy atom. The minimum Gasteiger partial charge on any atom is -0.394 e. The van der Waals surface area contributed by atoms with E-state index in [1.165, 1.54) is 83.5 Å². The topological polar surface area (TPSA) is 307 Å². The molecule has 3 aliphatic rings. The monoisotopic (exact) mass is 1140 g/mol. The van der Waals surface area contributed by atoms with Gasteiger partial charge in [0.15, 0.2) is 18.9 Å². The fourth-order valence-electron chi connectivity index (χ4n) is 10.1. The van der Waals surface area contributed by atoms with E-state index in [2.05, 4.69) is 67.8 Å². The Hall–Kier alpha value is -2.51. The Morgan fingerprint density at radius 1 is 0.463 bits per heavy atom.